The zero-order valence-corrected chi connectivity index (χ0v) is 18.7. The first-order chi connectivity index (χ1) is 15.4. The SMILES string of the molecule is O=C(Cc1nc2ccc(C(=O)O)cc2s1)Oc1ccc(OCc2cc(Cl)cc(Cl)c2)cc1. The Morgan fingerprint density at radius 1 is 0.938 bits per heavy atom. The highest BCUT2D eigenvalue weighted by atomic mass is 35.5. The number of hydrogen-bond acceptors (Lipinski definition) is 6. The van der Waals surface area contributed by atoms with Gasteiger partial charge in [0.05, 0.1) is 22.2 Å². The van der Waals surface area contributed by atoms with Gasteiger partial charge in [-0.25, -0.2) is 9.78 Å². The van der Waals surface area contributed by atoms with Crippen LogP contribution in [0.4, 0.5) is 0 Å². The third-order valence-electron chi connectivity index (χ3n) is 4.36. The van der Waals surface area contributed by atoms with Crippen LogP contribution < -0.4 is 9.47 Å². The molecule has 0 aliphatic heterocycles. The molecule has 1 N–H and O–H groups in total. The van der Waals surface area contributed by atoms with E-state index in [0.717, 1.165) is 5.56 Å². The normalized spacial score (nSPS) is 10.8. The van der Waals surface area contributed by atoms with Crippen LogP contribution >= 0.6 is 34.5 Å². The van der Waals surface area contributed by atoms with Crippen LogP contribution in [0.5, 0.6) is 11.5 Å². The Kier molecular flexibility index (Phi) is 6.60. The van der Waals surface area contributed by atoms with E-state index in [1.54, 1.807) is 54.6 Å². The Bertz CT molecular complexity index is 1280. The minimum absolute atomic E-state index is 0.0183. The fraction of sp³-hybridized carbons (Fsp3) is 0.0870. The number of rotatable bonds is 7. The molecule has 0 fully saturated rings. The molecule has 0 saturated carbocycles. The first kappa shape index (κ1) is 22.1. The summed E-state index contributed by atoms with van der Waals surface area (Å²) in [5, 5.41) is 10.7. The van der Waals surface area contributed by atoms with Gasteiger partial charge in [0.25, 0.3) is 0 Å². The lowest BCUT2D eigenvalue weighted by Gasteiger charge is -2.08. The van der Waals surface area contributed by atoms with Gasteiger partial charge in [-0.15, -0.1) is 11.3 Å². The van der Waals surface area contributed by atoms with Gasteiger partial charge in [0.2, 0.25) is 0 Å². The minimum atomic E-state index is -1.01. The summed E-state index contributed by atoms with van der Waals surface area (Å²) >= 11 is 13.2. The number of aromatic nitrogens is 1. The molecule has 0 bridgehead atoms. The first-order valence-corrected chi connectivity index (χ1v) is 10.9. The molecule has 4 aromatic rings. The Labute approximate surface area is 196 Å². The maximum atomic E-state index is 12.3. The maximum Gasteiger partial charge on any atom is 0.335 e. The number of fused-ring (bicyclic) bond motifs is 1. The summed E-state index contributed by atoms with van der Waals surface area (Å²) in [5.74, 6) is -0.501. The Hall–Kier alpha value is -3.13. The van der Waals surface area contributed by atoms with E-state index < -0.39 is 11.9 Å². The van der Waals surface area contributed by atoms with Crippen molar-refractivity contribution in [3.8, 4) is 11.5 Å². The van der Waals surface area contributed by atoms with Crippen LogP contribution in [0.15, 0.2) is 60.7 Å². The van der Waals surface area contributed by atoms with E-state index in [2.05, 4.69) is 4.98 Å². The van der Waals surface area contributed by atoms with E-state index in [1.807, 2.05) is 0 Å². The first-order valence-electron chi connectivity index (χ1n) is 9.37. The van der Waals surface area contributed by atoms with E-state index in [4.69, 9.17) is 37.8 Å². The lowest BCUT2D eigenvalue weighted by Crippen LogP contribution is -2.10. The van der Waals surface area contributed by atoms with E-state index in [1.165, 1.54) is 17.4 Å². The van der Waals surface area contributed by atoms with Crippen LogP contribution in [0.2, 0.25) is 10.0 Å². The summed E-state index contributed by atoms with van der Waals surface area (Å²) in [6.07, 6.45) is -0.0183. The molecule has 0 aliphatic carbocycles. The van der Waals surface area contributed by atoms with Crippen molar-refractivity contribution < 1.29 is 24.2 Å². The summed E-state index contributed by atoms with van der Waals surface area (Å²) in [4.78, 5) is 27.7. The molecule has 9 heteroatoms. The zero-order valence-electron chi connectivity index (χ0n) is 16.4. The number of nitrogens with zero attached hydrogens (tertiary/aromatic N) is 1. The number of carbonyl (C=O) groups excluding carboxylic acids is 1. The van der Waals surface area contributed by atoms with Crippen LogP contribution in [0.3, 0.4) is 0 Å². The molecule has 4 rings (SSSR count). The summed E-state index contributed by atoms with van der Waals surface area (Å²) in [6, 6.07) is 16.5. The number of ether oxygens (including phenoxy) is 2. The third kappa shape index (κ3) is 5.56. The van der Waals surface area contributed by atoms with Gasteiger partial charge in [-0.1, -0.05) is 23.2 Å². The zero-order chi connectivity index (χ0) is 22.7. The van der Waals surface area contributed by atoms with Gasteiger partial charge in [-0.2, -0.15) is 0 Å². The standard InChI is InChI=1S/C23H15Cl2NO5S/c24-15-7-13(8-16(25)10-15)12-30-17-2-4-18(5-3-17)31-22(27)11-21-26-19-6-1-14(23(28)29)9-20(19)32-21/h1-10H,11-12H2,(H,28,29). The highest BCUT2D eigenvalue weighted by Crippen LogP contribution is 2.25. The number of thiazole rings is 1. The summed E-state index contributed by atoms with van der Waals surface area (Å²) < 4.78 is 11.8. The average Bonchev–Trinajstić information content (AvgIpc) is 3.13. The van der Waals surface area contributed by atoms with E-state index >= 15 is 0 Å². The van der Waals surface area contributed by atoms with Crippen molar-refractivity contribution in [3.05, 3.63) is 86.8 Å². The third-order valence-corrected chi connectivity index (χ3v) is 5.81. The van der Waals surface area contributed by atoms with Crippen LogP contribution in [0.25, 0.3) is 10.2 Å². The van der Waals surface area contributed by atoms with E-state index in [-0.39, 0.29) is 12.0 Å². The van der Waals surface area contributed by atoms with Gasteiger partial charge < -0.3 is 14.6 Å². The van der Waals surface area contributed by atoms with Gasteiger partial charge in [-0.05, 0) is 66.2 Å². The largest absolute Gasteiger partial charge is 0.489 e. The average molecular weight is 488 g/mol. The highest BCUT2D eigenvalue weighted by Gasteiger charge is 2.13. The number of esters is 1. The summed E-state index contributed by atoms with van der Waals surface area (Å²) in [7, 11) is 0. The van der Waals surface area contributed by atoms with Gasteiger partial charge in [-0.3, -0.25) is 4.79 Å². The molecule has 0 aliphatic rings. The monoisotopic (exact) mass is 487 g/mol. The molecule has 0 radical (unpaired) electrons. The lowest BCUT2D eigenvalue weighted by molar-refractivity contribution is -0.133. The minimum Gasteiger partial charge on any atom is -0.489 e. The molecule has 32 heavy (non-hydrogen) atoms. The maximum absolute atomic E-state index is 12.3. The Morgan fingerprint density at radius 2 is 1.62 bits per heavy atom. The number of carbonyl (C=O) groups is 2. The fourth-order valence-corrected chi connectivity index (χ4v) is 4.50. The molecule has 0 unspecified atom stereocenters. The molecule has 0 saturated heterocycles. The summed E-state index contributed by atoms with van der Waals surface area (Å²) in [6.45, 7) is 0.292. The van der Waals surface area contributed by atoms with E-state index in [0.29, 0.717) is 43.4 Å². The van der Waals surface area contributed by atoms with Crippen molar-refractivity contribution in [2.24, 2.45) is 0 Å². The molecular formula is C23H15Cl2NO5S. The van der Waals surface area contributed by atoms with Crippen molar-refractivity contribution in [2.75, 3.05) is 0 Å². The number of carboxylic acids is 1. The quantitative estimate of drug-likeness (QED) is 0.253. The van der Waals surface area contributed by atoms with Crippen molar-refractivity contribution in [1.82, 2.24) is 4.98 Å². The van der Waals surface area contributed by atoms with E-state index in [9.17, 15) is 9.59 Å². The highest BCUT2D eigenvalue weighted by molar-refractivity contribution is 7.18. The van der Waals surface area contributed by atoms with Gasteiger partial charge in [0.1, 0.15) is 23.1 Å². The molecule has 1 aromatic heterocycles. The predicted octanol–water partition coefficient (Wildman–Crippen LogP) is 6.03. The van der Waals surface area contributed by atoms with Crippen LogP contribution in [0.1, 0.15) is 20.9 Å². The molecule has 1 heterocycles. The van der Waals surface area contributed by atoms with Crippen LogP contribution in [0, 0.1) is 0 Å². The molecule has 6 nitrogen and oxygen atoms in total. The Morgan fingerprint density at radius 3 is 2.31 bits per heavy atom. The number of carboxylic acid groups (broad SMARTS) is 1. The number of hydrogen-bond donors (Lipinski definition) is 1. The molecule has 0 spiro atoms. The van der Waals surface area contributed by atoms with Crippen LogP contribution in [-0.2, 0) is 17.8 Å². The predicted molar refractivity (Wildman–Crippen MR) is 123 cm³/mol. The van der Waals surface area contributed by atoms with Gasteiger partial charge >= 0.3 is 11.9 Å². The molecule has 3 aromatic carbocycles. The second-order valence-electron chi connectivity index (χ2n) is 6.78. The van der Waals surface area contributed by atoms with Crippen molar-refractivity contribution >= 4 is 56.7 Å². The molecule has 162 valence electrons. The number of aromatic carboxylic acids is 1. The molecule has 0 amide bonds. The number of benzene rings is 3. The van der Waals surface area contributed by atoms with Crippen molar-refractivity contribution in [1.29, 1.82) is 0 Å². The topological polar surface area (TPSA) is 85.7 Å². The molecular weight excluding hydrogens is 473 g/mol. The fourth-order valence-electron chi connectivity index (χ4n) is 2.94. The van der Waals surface area contributed by atoms with Crippen molar-refractivity contribution in [3.63, 3.8) is 0 Å². The van der Waals surface area contributed by atoms with Gasteiger partial charge in [0, 0.05) is 10.0 Å². The Balaban J connectivity index is 1.34. The van der Waals surface area contributed by atoms with Crippen LogP contribution in [-0.4, -0.2) is 22.0 Å². The van der Waals surface area contributed by atoms with Gasteiger partial charge in [0.15, 0.2) is 0 Å². The van der Waals surface area contributed by atoms with Crippen molar-refractivity contribution in [2.45, 2.75) is 13.0 Å². The summed E-state index contributed by atoms with van der Waals surface area (Å²) in [5.41, 5.74) is 1.66. The lowest BCUT2D eigenvalue weighted by atomic mass is 10.2. The molecule has 0 atom stereocenters. The second kappa shape index (κ2) is 9.56. The number of halogens is 2. The smallest absolute Gasteiger partial charge is 0.335 e. The second-order valence-corrected chi connectivity index (χ2v) is 8.77.